The summed E-state index contributed by atoms with van der Waals surface area (Å²) in [6.45, 7) is 7.83. The quantitative estimate of drug-likeness (QED) is 0.455. The van der Waals surface area contributed by atoms with Gasteiger partial charge in [0.2, 0.25) is 0 Å². The van der Waals surface area contributed by atoms with Gasteiger partial charge in [-0.2, -0.15) is 0 Å². The molecular weight excluding hydrogens is 249 g/mol. The van der Waals surface area contributed by atoms with E-state index in [2.05, 4.69) is 0 Å². The first kappa shape index (κ1) is 14.9. The van der Waals surface area contributed by atoms with E-state index in [1.807, 2.05) is 33.8 Å². The van der Waals surface area contributed by atoms with Crippen LogP contribution in [0.2, 0.25) is 0 Å². The van der Waals surface area contributed by atoms with Gasteiger partial charge in [-0.25, -0.2) is 0 Å². The van der Waals surface area contributed by atoms with Crippen LogP contribution in [0.15, 0.2) is 24.3 Å². The number of nitrogens with zero attached hydrogens (tertiary/aromatic N) is 1. The van der Waals surface area contributed by atoms with Gasteiger partial charge in [0, 0.05) is 29.6 Å². The number of benzene rings is 1. The maximum Gasteiger partial charge on any atom is 0.269 e. The Morgan fingerprint density at radius 2 is 1.78 bits per heavy atom. The molecular formula is C13H20NO3P. The zero-order valence-electron chi connectivity index (χ0n) is 11.3. The van der Waals surface area contributed by atoms with Gasteiger partial charge in [-0.1, -0.05) is 39.8 Å². The molecule has 0 aliphatic rings. The lowest BCUT2D eigenvalue weighted by Gasteiger charge is -2.26. The summed E-state index contributed by atoms with van der Waals surface area (Å²) in [6, 6.07) is 6.44. The summed E-state index contributed by atoms with van der Waals surface area (Å²) in [5.74, 6) is 0. The van der Waals surface area contributed by atoms with Crippen molar-refractivity contribution in [2.45, 2.75) is 45.2 Å². The number of rotatable bonds is 5. The van der Waals surface area contributed by atoms with Crippen molar-refractivity contribution in [3.8, 4) is 0 Å². The summed E-state index contributed by atoms with van der Waals surface area (Å²) in [5.41, 5.74) is 1.04. The SMILES string of the molecule is CC(C)P(=O)(Cc1cccc([N+](=O)[O-])c1)C(C)C. The van der Waals surface area contributed by atoms with Crippen molar-refractivity contribution >= 4 is 12.8 Å². The van der Waals surface area contributed by atoms with Gasteiger partial charge in [0.25, 0.3) is 5.69 Å². The van der Waals surface area contributed by atoms with Crippen molar-refractivity contribution in [2.75, 3.05) is 0 Å². The second-order valence-corrected chi connectivity index (χ2v) is 9.22. The van der Waals surface area contributed by atoms with E-state index >= 15 is 0 Å². The number of nitro groups is 1. The Kier molecular flexibility index (Phi) is 4.69. The Morgan fingerprint density at radius 1 is 1.22 bits per heavy atom. The highest BCUT2D eigenvalue weighted by Crippen LogP contribution is 2.57. The van der Waals surface area contributed by atoms with Crippen LogP contribution >= 0.6 is 7.14 Å². The number of hydrogen-bond donors (Lipinski definition) is 0. The minimum absolute atomic E-state index is 0.0616. The van der Waals surface area contributed by atoms with Crippen molar-refractivity contribution in [2.24, 2.45) is 0 Å². The summed E-state index contributed by atoms with van der Waals surface area (Å²) in [7, 11) is -2.36. The zero-order valence-corrected chi connectivity index (χ0v) is 12.2. The molecule has 0 radical (unpaired) electrons. The molecule has 1 aromatic carbocycles. The van der Waals surface area contributed by atoms with Crippen LogP contribution in [0.3, 0.4) is 0 Å². The molecule has 0 amide bonds. The van der Waals surface area contributed by atoms with Gasteiger partial charge < -0.3 is 4.57 Å². The van der Waals surface area contributed by atoms with E-state index in [4.69, 9.17) is 0 Å². The summed E-state index contributed by atoms with van der Waals surface area (Å²) >= 11 is 0. The molecule has 0 aliphatic heterocycles. The summed E-state index contributed by atoms with van der Waals surface area (Å²) in [6.07, 6.45) is 0.435. The van der Waals surface area contributed by atoms with Gasteiger partial charge in [0.1, 0.15) is 0 Å². The van der Waals surface area contributed by atoms with Crippen LogP contribution in [-0.2, 0) is 10.7 Å². The van der Waals surface area contributed by atoms with Crippen LogP contribution < -0.4 is 0 Å². The Hall–Kier alpha value is -1.15. The van der Waals surface area contributed by atoms with Gasteiger partial charge in [-0.3, -0.25) is 10.1 Å². The van der Waals surface area contributed by atoms with Gasteiger partial charge in [0.05, 0.1) is 12.1 Å². The molecule has 0 N–H and O–H groups in total. The van der Waals surface area contributed by atoms with Gasteiger partial charge in [-0.15, -0.1) is 0 Å². The summed E-state index contributed by atoms with van der Waals surface area (Å²) in [4.78, 5) is 10.3. The Labute approximate surface area is 108 Å². The topological polar surface area (TPSA) is 60.2 Å². The number of non-ortho nitro benzene ring substituents is 1. The van der Waals surface area contributed by atoms with E-state index in [0.29, 0.717) is 6.16 Å². The molecule has 0 heterocycles. The molecule has 1 rings (SSSR count). The van der Waals surface area contributed by atoms with Crippen LogP contribution in [0.1, 0.15) is 33.3 Å². The monoisotopic (exact) mass is 269 g/mol. The first-order valence-electron chi connectivity index (χ1n) is 6.09. The van der Waals surface area contributed by atoms with Gasteiger partial charge in [-0.05, 0) is 5.56 Å². The maximum absolute atomic E-state index is 12.9. The second-order valence-electron chi connectivity index (χ2n) is 5.13. The molecule has 4 nitrogen and oxygen atoms in total. The largest absolute Gasteiger partial charge is 0.323 e. The standard InChI is InChI=1S/C13H20NO3P/c1-10(2)18(17,11(3)4)9-12-6-5-7-13(8-12)14(15)16/h5-8,10-11H,9H2,1-4H3. The van der Waals surface area contributed by atoms with Crippen molar-refractivity contribution < 1.29 is 9.49 Å². The summed E-state index contributed by atoms with van der Waals surface area (Å²) < 4.78 is 12.9. The fourth-order valence-electron chi connectivity index (χ4n) is 2.02. The van der Waals surface area contributed by atoms with Gasteiger partial charge in [0.15, 0.2) is 0 Å². The van der Waals surface area contributed by atoms with Crippen LogP contribution in [0, 0.1) is 10.1 Å². The highest BCUT2D eigenvalue weighted by atomic mass is 31.2. The van der Waals surface area contributed by atoms with Crippen molar-refractivity contribution in [1.29, 1.82) is 0 Å². The minimum atomic E-state index is -2.36. The molecule has 0 saturated heterocycles. The lowest BCUT2D eigenvalue weighted by atomic mass is 10.2. The van der Waals surface area contributed by atoms with E-state index in [1.54, 1.807) is 6.07 Å². The maximum atomic E-state index is 12.9. The fraction of sp³-hybridized carbons (Fsp3) is 0.538. The predicted molar refractivity (Wildman–Crippen MR) is 74.7 cm³/mol. The number of nitro benzene ring substituents is 1. The normalized spacial score (nSPS) is 12.1. The van der Waals surface area contributed by atoms with E-state index in [1.165, 1.54) is 12.1 Å². The molecule has 1 aromatic rings. The molecule has 0 atom stereocenters. The highest BCUT2D eigenvalue weighted by molar-refractivity contribution is 7.64. The lowest BCUT2D eigenvalue weighted by Crippen LogP contribution is -2.10. The molecule has 18 heavy (non-hydrogen) atoms. The summed E-state index contributed by atoms with van der Waals surface area (Å²) in [5, 5.41) is 10.7. The average Bonchev–Trinajstić information content (AvgIpc) is 2.28. The third-order valence-corrected chi connectivity index (χ3v) is 7.66. The Bertz CT molecular complexity index is 471. The Morgan fingerprint density at radius 3 is 2.22 bits per heavy atom. The molecule has 0 aromatic heterocycles. The smallest absolute Gasteiger partial charge is 0.269 e. The molecule has 5 heteroatoms. The van der Waals surface area contributed by atoms with Crippen molar-refractivity contribution in [3.63, 3.8) is 0 Å². The third kappa shape index (κ3) is 3.20. The first-order valence-corrected chi connectivity index (χ1v) is 8.12. The average molecular weight is 269 g/mol. The van der Waals surface area contributed by atoms with Crippen LogP contribution in [0.5, 0.6) is 0 Å². The molecule has 0 bridgehead atoms. The molecule has 0 saturated carbocycles. The van der Waals surface area contributed by atoms with E-state index in [9.17, 15) is 14.7 Å². The Balaban J connectivity index is 3.06. The third-order valence-electron chi connectivity index (χ3n) is 3.30. The van der Waals surface area contributed by atoms with Crippen LogP contribution in [0.4, 0.5) is 5.69 Å². The van der Waals surface area contributed by atoms with Crippen LogP contribution in [0.25, 0.3) is 0 Å². The van der Waals surface area contributed by atoms with E-state index in [-0.39, 0.29) is 17.0 Å². The minimum Gasteiger partial charge on any atom is -0.323 e. The second kappa shape index (κ2) is 5.66. The molecule has 0 fully saturated rings. The molecule has 0 unspecified atom stereocenters. The highest BCUT2D eigenvalue weighted by Gasteiger charge is 2.30. The van der Waals surface area contributed by atoms with E-state index in [0.717, 1.165) is 5.56 Å². The lowest BCUT2D eigenvalue weighted by molar-refractivity contribution is -0.384. The first-order chi connectivity index (χ1) is 8.27. The van der Waals surface area contributed by atoms with Gasteiger partial charge >= 0.3 is 0 Å². The molecule has 100 valence electrons. The zero-order chi connectivity index (χ0) is 13.9. The van der Waals surface area contributed by atoms with Crippen molar-refractivity contribution in [3.05, 3.63) is 39.9 Å². The molecule has 0 spiro atoms. The number of hydrogen-bond acceptors (Lipinski definition) is 3. The molecule has 0 aliphatic carbocycles. The fourth-order valence-corrected chi connectivity index (χ4v) is 4.71. The van der Waals surface area contributed by atoms with Crippen molar-refractivity contribution in [1.82, 2.24) is 0 Å². The van der Waals surface area contributed by atoms with E-state index < -0.39 is 12.1 Å². The predicted octanol–water partition coefficient (Wildman–Crippen LogP) is 4.27. The van der Waals surface area contributed by atoms with Crippen LogP contribution in [-0.4, -0.2) is 16.2 Å².